The number of carbonyl (C=O) groups excluding carboxylic acids is 1. The average molecular weight is 511 g/mol. The molecule has 1 fully saturated rings. The number of carbonyl (C=O) groups is 1. The molecule has 0 aliphatic carbocycles. The highest BCUT2D eigenvalue weighted by molar-refractivity contribution is 5.83. The maximum atomic E-state index is 14.9. The predicted octanol–water partition coefficient (Wildman–Crippen LogP) is 3.99. The number of amides is 1. The number of aromatic nitrogens is 2. The molecule has 1 saturated heterocycles. The van der Waals surface area contributed by atoms with Crippen LogP contribution in [0.15, 0.2) is 41.2 Å². The fourth-order valence-electron chi connectivity index (χ4n) is 4.62. The molecule has 0 spiro atoms. The minimum atomic E-state index is -0.571. The van der Waals surface area contributed by atoms with E-state index in [4.69, 9.17) is 9.47 Å². The largest absolute Gasteiger partial charge is 0.497 e. The molecule has 0 bridgehead atoms. The van der Waals surface area contributed by atoms with Gasteiger partial charge in [0.25, 0.3) is 5.56 Å². The predicted molar refractivity (Wildman–Crippen MR) is 142 cm³/mol. The number of nitrogens with zero attached hydrogens (tertiary/aromatic N) is 3. The van der Waals surface area contributed by atoms with Gasteiger partial charge in [-0.1, -0.05) is 6.42 Å². The van der Waals surface area contributed by atoms with E-state index in [9.17, 15) is 14.0 Å². The highest BCUT2D eigenvalue weighted by Crippen LogP contribution is 2.27. The lowest BCUT2D eigenvalue weighted by molar-refractivity contribution is -0.122. The first-order valence-corrected chi connectivity index (χ1v) is 12.9. The second kappa shape index (κ2) is 12.2. The highest BCUT2D eigenvalue weighted by atomic mass is 19.1. The van der Waals surface area contributed by atoms with Crippen molar-refractivity contribution in [1.29, 1.82) is 0 Å². The van der Waals surface area contributed by atoms with Crippen LogP contribution in [-0.4, -0.2) is 59.8 Å². The van der Waals surface area contributed by atoms with Gasteiger partial charge in [-0.05, 0) is 82.6 Å². The topological polar surface area (TPSA) is 85.7 Å². The molecule has 0 radical (unpaired) electrons. The number of halogens is 1. The van der Waals surface area contributed by atoms with E-state index < -0.39 is 11.4 Å². The van der Waals surface area contributed by atoms with Gasteiger partial charge in [-0.25, -0.2) is 9.37 Å². The lowest BCUT2D eigenvalue weighted by Crippen LogP contribution is -2.37. The number of hydrogen-bond acceptors (Lipinski definition) is 6. The van der Waals surface area contributed by atoms with E-state index in [-0.39, 0.29) is 29.9 Å². The van der Waals surface area contributed by atoms with E-state index >= 15 is 0 Å². The van der Waals surface area contributed by atoms with Gasteiger partial charge in [-0.2, -0.15) is 0 Å². The summed E-state index contributed by atoms with van der Waals surface area (Å²) in [5.41, 5.74) is 0.0250. The third-order valence-corrected chi connectivity index (χ3v) is 6.43. The van der Waals surface area contributed by atoms with Gasteiger partial charge in [0.1, 0.15) is 29.7 Å². The third-order valence-electron chi connectivity index (χ3n) is 6.43. The molecule has 1 amide bonds. The summed E-state index contributed by atoms with van der Waals surface area (Å²) in [6.45, 7) is 7.17. The first-order chi connectivity index (χ1) is 17.9. The molecule has 1 aliphatic heterocycles. The standard InChI is InChI=1S/C28H35FN4O4/c1-19(2)30-26(34)18-33-27(22-16-20(36-3)8-10-24(22)29)31-25-11-9-21(17-23(25)28(33)35)37-15-7-14-32-12-5-4-6-13-32/h8-11,16-17,19H,4-7,12-15,18H2,1-3H3,(H,30,34). The van der Waals surface area contributed by atoms with Crippen molar-refractivity contribution in [2.45, 2.75) is 52.1 Å². The van der Waals surface area contributed by atoms with Crippen LogP contribution < -0.4 is 20.3 Å². The van der Waals surface area contributed by atoms with Crippen LogP contribution in [0.3, 0.4) is 0 Å². The molecule has 4 rings (SSSR count). The van der Waals surface area contributed by atoms with Crippen molar-refractivity contribution in [1.82, 2.24) is 19.8 Å². The number of hydrogen-bond donors (Lipinski definition) is 1. The minimum absolute atomic E-state index is 0.0583. The van der Waals surface area contributed by atoms with E-state index in [0.717, 1.165) is 26.1 Å². The molecule has 2 heterocycles. The number of ether oxygens (including phenoxy) is 2. The zero-order valence-electron chi connectivity index (χ0n) is 21.8. The first-order valence-electron chi connectivity index (χ1n) is 12.9. The summed E-state index contributed by atoms with van der Waals surface area (Å²) in [6, 6.07) is 9.20. The number of fused-ring (bicyclic) bond motifs is 1. The average Bonchev–Trinajstić information content (AvgIpc) is 2.89. The Bertz CT molecular complexity index is 1300. The molecule has 0 unspecified atom stereocenters. The zero-order valence-corrected chi connectivity index (χ0v) is 21.8. The van der Waals surface area contributed by atoms with Crippen LogP contribution in [0, 0.1) is 5.82 Å². The molecule has 0 saturated carbocycles. The van der Waals surface area contributed by atoms with Crippen molar-refractivity contribution in [3.63, 3.8) is 0 Å². The van der Waals surface area contributed by atoms with Crippen molar-refractivity contribution in [2.75, 3.05) is 33.4 Å². The summed E-state index contributed by atoms with van der Waals surface area (Å²) < 4.78 is 27.3. The van der Waals surface area contributed by atoms with Crippen LogP contribution in [0.2, 0.25) is 0 Å². The van der Waals surface area contributed by atoms with Crippen molar-refractivity contribution < 1.29 is 18.7 Å². The number of piperidine rings is 1. The van der Waals surface area contributed by atoms with Gasteiger partial charge in [0.05, 0.1) is 30.2 Å². The maximum Gasteiger partial charge on any atom is 0.262 e. The van der Waals surface area contributed by atoms with Crippen LogP contribution in [0.25, 0.3) is 22.3 Å². The lowest BCUT2D eigenvalue weighted by atomic mass is 10.1. The number of methoxy groups -OCH3 is 1. The Labute approximate surface area is 216 Å². The summed E-state index contributed by atoms with van der Waals surface area (Å²) in [4.78, 5) is 33.3. The minimum Gasteiger partial charge on any atom is -0.497 e. The van der Waals surface area contributed by atoms with Crippen LogP contribution in [0.1, 0.15) is 39.5 Å². The number of rotatable bonds is 10. The summed E-state index contributed by atoms with van der Waals surface area (Å²) in [5.74, 6) is 0.0930. The third kappa shape index (κ3) is 6.65. The Morgan fingerprint density at radius 1 is 1.11 bits per heavy atom. The molecule has 198 valence electrons. The quantitative estimate of drug-likeness (QED) is 0.415. The Hall–Kier alpha value is -3.46. The Morgan fingerprint density at radius 2 is 1.86 bits per heavy atom. The lowest BCUT2D eigenvalue weighted by Gasteiger charge is -2.26. The van der Waals surface area contributed by atoms with Gasteiger partial charge in [-0.15, -0.1) is 0 Å². The van der Waals surface area contributed by atoms with Crippen LogP contribution in [0.4, 0.5) is 4.39 Å². The van der Waals surface area contributed by atoms with Crippen molar-refractivity contribution >= 4 is 16.8 Å². The summed E-state index contributed by atoms with van der Waals surface area (Å²) in [7, 11) is 1.47. The number of benzene rings is 2. The van der Waals surface area contributed by atoms with Crippen molar-refractivity contribution in [3.8, 4) is 22.9 Å². The molecule has 3 aromatic rings. The molecular weight excluding hydrogens is 475 g/mol. The second-order valence-electron chi connectivity index (χ2n) is 9.68. The molecule has 8 nitrogen and oxygen atoms in total. The first kappa shape index (κ1) is 26.6. The molecule has 37 heavy (non-hydrogen) atoms. The van der Waals surface area contributed by atoms with Gasteiger partial charge < -0.3 is 19.7 Å². The Balaban J connectivity index is 1.65. The fraction of sp³-hybridized carbons (Fsp3) is 0.464. The molecule has 9 heteroatoms. The van der Waals surface area contributed by atoms with Gasteiger partial charge in [0.15, 0.2) is 0 Å². The zero-order chi connectivity index (χ0) is 26.4. The van der Waals surface area contributed by atoms with Crippen LogP contribution in [-0.2, 0) is 11.3 Å². The molecule has 2 aromatic carbocycles. The van der Waals surface area contributed by atoms with E-state index in [1.807, 2.05) is 13.8 Å². The fourth-order valence-corrected chi connectivity index (χ4v) is 4.62. The second-order valence-corrected chi connectivity index (χ2v) is 9.68. The van der Waals surface area contributed by atoms with E-state index in [2.05, 4.69) is 15.2 Å². The van der Waals surface area contributed by atoms with Gasteiger partial charge >= 0.3 is 0 Å². The van der Waals surface area contributed by atoms with E-state index in [0.29, 0.717) is 29.0 Å². The molecule has 1 aromatic heterocycles. The molecule has 1 aliphatic rings. The Kier molecular flexibility index (Phi) is 8.76. The summed E-state index contributed by atoms with van der Waals surface area (Å²) in [5, 5.41) is 3.09. The van der Waals surface area contributed by atoms with Gasteiger partial charge in [-0.3, -0.25) is 14.2 Å². The van der Waals surface area contributed by atoms with Crippen molar-refractivity contribution in [3.05, 3.63) is 52.6 Å². The highest BCUT2D eigenvalue weighted by Gasteiger charge is 2.20. The van der Waals surface area contributed by atoms with Crippen molar-refractivity contribution in [2.24, 2.45) is 0 Å². The molecule has 1 N–H and O–H groups in total. The number of likely N-dealkylation sites (tertiary alicyclic amines) is 1. The smallest absolute Gasteiger partial charge is 0.262 e. The van der Waals surface area contributed by atoms with Crippen LogP contribution in [0.5, 0.6) is 11.5 Å². The van der Waals surface area contributed by atoms with Crippen LogP contribution >= 0.6 is 0 Å². The normalized spacial score (nSPS) is 14.2. The maximum absolute atomic E-state index is 14.9. The summed E-state index contributed by atoms with van der Waals surface area (Å²) >= 11 is 0. The van der Waals surface area contributed by atoms with E-state index in [1.54, 1.807) is 18.2 Å². The Morgan fingerprint density at radius 3 is 2.59 bits per heavy atom. The molecular formula is C28H35FN4O4. The van der Waals surface area contributed by atoms with Gasteiger partial charge in [0.2, 0.25) is 5.91 Å². The monoisotopic (exact) mass is 510 g/mol. The SMILES string of the molecule is COc1ccc(F)c(-c2nc3ccc(OCCCN4CCCCC4)cc3c(=O)n2CC(=O)NC(C)C)c1. The van der Waals surface area contributed by atoms with E-state index in [1.165, 1.54) is 49.1 Å². The van der Waals surface area contributed by atoms with Gasteiger partial charge in [0, 0.05) is 12.6 Å². The summed E-state index contributed by atoms with van der Waals surface area (Å²) in [6.07, 6.45) is 4.70. The number of nitrogens with one attached hydrogen (secondary N) is 1. The molecule has 0 atom stereocenters.